The lowest BCUT2D eigenvalue weighted by Gasteiger charge is -2.38. The Bertz CT molecular complexity index is 861. The van der Waals surface area contributed by atoms with E-state index in [1.165, 1.54) is 16.4 Å². The Morgan fingerprint density at radius 1 is 1.14 bits per heavy atom. The van der Waals surface area contributed by atoms with Gasteiger partial charge in [-0.2, -0.15) is 4.31 Å². The summed E-state index contributed by atoms with van der Waals surface area (Å²) in [5.41, 5.74) is 0.102. The van der Waals surface area contributed by atoms with Gasteiger partial charge in [0.2, 0.25) is 10.0 Å². The van der Waals surface area contributed by atoms with Crippen molar-refractivity contribution in [1.82, 2.24) is 4.31 Å². The van der Waals surface area contributed by atoms with Gasteiger partial charge in [0.25, 0.3) is 5.69 Å². The minimum absolute atomic E-state index is 0.00380. The summed E-state index contributed by atoms with van der Waals surface area (Å²) in [5.74, 6) is 0. The molecule has 3 aliphatic rings. The molecule has 1 N–H and O–H groups in total. The molecule has 0 radical (unpaired) electrons. The van der Waals surface area contributed by atoms with Gasteiger partial charge in [-0.1, -0.05) is 19.3 Å². The van der Waals surface area contributed by atoms with Gasteiger partial charge in [0.1, 0.15) is 5.69 Å². The first kappa shape index (κ1) is 20.6. The fourth-order valence-corrected chi connectivity index (χ4v) is 6.48. The molecule has 0 bridgehead atoms. The van der Waals surface area contributed by atoms with E-state index >= 15 is 0 Å². The van der Waals surface area contributed by atoms with E-state index in [9.17, 15) is 18.5 Å². The molecule has 1 atom stereocenters. The third-order valence-corrected chi connectivity index (χ3v) is 8.38. The average molecular weight is 424 g/mol. The first-order valence-electron chi connectivity index (χ1n) is 10.6. The predicted molar refractivity (Wildman–Crippen MR) is 110 cm³/mol. The molecule has 9 heteroatoms. The van der Waals surface area contributed by atoms with E-state index in [1.807, 2.05) is 0 Å². The number of sulfonamides is 1. The second-order valence-electron chi connectivity index (χ2n) is 8.47. The molecule has 2 heterocycles. The van der Waals surface area contributed by atoms with E-state index in [2.05, 4.69) is 5.32 Å². The Balaban J connectivity index is 1.55. The predicted octanol–water partition coefficient (Wildman–Crippen LogP) is 3.67. The number of nitrogens with zero attached hydrogens (tertiary/aromatic N) is 2. The molecule has 0 amide bonds. The molecule has 3 fully saturated rings. The van der Waals surface area contributed by atoms with Crippen molar-refractivity contribution >= 4 is 21.4 Å². The van der Waals surface area contributed by atoms with Gasteiger partial charge >= 0.3 is 0 Å². The van der Waals surface area contributed by atoms with Crippen LogP contribution in [0, 0.1) is 10.1 Å². The van der Waals surface area contributed by atoms with Gasteiger partial charge in [-0.15, -0.1) is 0 Å². The lowest BCUT2D eigenvalue weighted by atomic mass is 9.89. The number of benzene rings is 1. The maximum atomic E-state index is 12.9. The summed E-state index contributed by atoms with van der Waals surface area (Å²) >= 11 is 0. The third-order valence-electron chi connectivity index (χ3n) is 6.49. The van der Waals surface area contributed by atoms with Crippen molar-refractivity contribution in [2.45, 2.75) is 74.3 Å². The molecular weight excluding hydrogens is 394 g/mol. The molecule has 2 aliphatic heterocycles. The van der Waals surface area contributed by atoms with Crippen LogP contribution in [0.15, 0.2) is 23.1 Å². The van der Waals surface area contributed by atoms with E-state index in [0.29, 0.717) is 25.4 Å². The molecule has 1 aromatic rings. The lowest BCUT2D eigenvalue weighted by Crippen LogP contribution is -2.42. The number of hydrogen-bond donors (Lipinski definition) is 1. The lowest BCUT2D eigenvalue weighted by molar-refractivity contribution is -0.384. The molecule has 1 aliphatic carbocycles. The van der Waals surface area contributed by atoms with Gasteiger partial charge in [-0.05, 0) is 50.7 Å². The highest BCUT2D eigenvalue weighted by atomic mass is 32.2. The SMILES string of the molecule is O=[N+]([O-])c1cc(S(=O)(=O)N2CCCCC2)ccc1NC1CCOC2(CCCC2)C1. The van der Waals surface area contributed by atoms with Crippen LogP contribution in [0.1, 0.15) is 57.8 Å². The Kier molecular flexibility index (Phi) is 5.81. The number of piperidine rings is 1. The highest BCUT2D eigenvalue weighted by Gasteiger charge is 2.40. The summed E-state index contributed by atoms with van der Waals surface area (Å²) in [6.45, 7) is 1.59. The maximum Gasteiger partial charge on any atom is 0.293 e. The standard InChI is InChI=1S/C20H29N3O5S/c24-23(25)19-14-17(29(26,27)22-11-4-1-5-12-22)6-7-18(19)21-16-8-13-28-20(15-16)9-2-3-10-20/h6-7,14,16,21H,1-5,8-13,15H2. The molecule has 0 aromatic heterocycles. The molecule has 1 aromatic carbocycles. The highest BCUT2D eigenvalue weighted by molar-refractivity contribution is 7.89. The van der Waals surface area contributed by atoms with Crippen molar-refractivity contribution in [2.24, 2.45) is 0 Å². The third kappa shape index (κ3) is 4.27. The van der Waals surface area contributed by atoms with Crippen LogP contribution in [0.3, 0.4) is 0 Å². The van der Waals surface area contributed by atoms with Gasteiger partial charge in [-0.3, -0.25) is 10.1 Å². The van der Waals surface area contributed by atoms with Crippen molar-refractivity contribution in [3.8, 4) is 0 Å². The maximum absolute atomic E-state index is 12.9. The zero-order valence-electron chi connectivity index (χ0n) is 16.6. The second-order valence-corrected chi connectivity index (χ2v) is 10.4. The van der Waals surface area contributed by atoms with E-state index in [1.54, 1.807) is 6.07 Å². The molecular formula is C20H29N3O5S. The first-order chi connectivity index (χ1) is 13.9. The van der Waals surface area contributed by atoms with Crippen LogP contribution in [0.4, 0.5) is 11.4 Å². The van der Waals surface area contributed by atoms with Crippen molar-refractivity contribution in [3.63, 3.8) is 0 Å². The summed E-state index contributed by atoms with van der Waals surface area (Å²) < 4.78 is 33.3. The van der Waals surface area contributed by atoms with Crippen LogP contribution in [-0.4, -0.2) is 49.0 Å². The minimum Gasteiger partial charge on any atom is -0.377 e. The quantitative estimate of drug-likeness (QED) is 0.573. The molecule has 1 saturated carbocycles. The van der Waals surface area contributed by atoms with Gasteiger partial charge in [0, 0.05) is 31.8 Å². The zero-order chi connectivity index (χ0) is 20.5. The number of nitrogens with one attached hydrogen (secondary N) is 1. The van der Waals surface area contributed by atoms with Crippen LogP contribution >= 0.6 is 0 Å². The average Bonchev–Trinajstić information content (AvgIpc) is 3.16. The van der Waals surface area contributed by atoms with Crippen molar-refractivity contribution in [2.75, 3.05) is 25.0 Å². The zero-order valence-corrected chi connectivity index (χ0v) is 17.5. The summed E-state index contributed by atoms with van der Waals surface area (Å²) in [7, 11) is -3.71. The van der Waals surface area contributed by atoms with Crippen molar-refractivity contribution in [1.29, 1.82) is 0 Å². The molecule has 4 rings (SSSR count). The van der Waals surface area contributed by atoms with E-state index in [-0.39, 0.29) is 22.2 Å². The number of nitro groups is 1. The van der Waals surface area contributed by atoms with Crippen LogP contribution in [-0.2, 0) is 14.8 Å². The summed E-state index contributed by atoms with van der Waals surface area (Å²) in [6.07, 6.45) is 8.69. The van der Waals surface area contributed by atoms with Gasteiger partial charge in [-0.25, -0.2) is 8.42 Å². The smallest absolute Gasteiger partial charge is 0.293 e. The van der Waals surface area contributed by atoms with Gasteiger partial charge in [0.15, 0.2) is 0 Å². The molecule has 1 spiro atoms. The number of nitro benzene ring substituents is 1. The molecule has 160 valence electrons. The fraction of sp³-hybridized carbons (Fsp3) is 0.700. The van der Waals surface area contributed by atoms with Crippen molar-refractivity contribution in [3.05, 3.63) is 28.3 Å². The Morgan fingerprint density at radius 3 is 2.55 bits per heavy atom. The monoisotopic (exact) mass is 423 g/mol. The minimum atomic E-state index is -3.71. The number of rotatable bonds is 5. The number of ether oxygens (including phenoxy) is 1. The summed E-state index contributed by atoms with van der Waals surface area (Å²) in [6, 6.07) is 4.33. The topological polar surface area (TPSA) is 102 Å². The van der Waals surface area contributed by atoms with Crippen LogP contribution in [0.25, 0.3) is 0 Å². The van der Waals surface area contributed by atoms with Crippen LogP contribution < -0.4 is 5.32 Å². The van der Waals surface area contributed by atoms with Crippen LogP contribution in [0.5, 0.6) is 0 Å². The molecule has 29 heavy (non-hydrogen) atoms. The molecule has 8 nitrogen and oxygen atoms in total. The number of hydrogen-bond acceptors (Lipinski definition) is 6. The van der Waals surface area contributed by atoms with E-state index < -0.39 is 14.9 Å². The Hall–Kier alpha value is -1.71. The van der Waals surface area contributed by atoms with E-state index in [4.69, 9.17) is 4.74 Å². The molecule has 2 saturated heterocycles. The Morgan fingerprint density at radius 2 is 1.86 bits per heavy atom. The largest absolute Gasteiger partial charge is 0.377 e. The first-order valence-corrected chi connectivity index (χ1v) is 12.0. The highest BCUT2D eigenvalue weighted by Crippen LogP contribution is 2.41. The van der Waals surface area contributed by atoms with Gasteiger partial charge in [0.05, 0.1) is 15.4 Å². The van der Waals surface area contributed by atoms with E-state index in [0.717, 1.165) is 57.8 Å². The van der Waals surface area contributed by atoms with Crippen molar-refractivity contribution < 1.29 is 18.1 Å². The Labute approximate surface area is 171 Å². The second kappa shape index (κ2) is 8.20. The number of anilines is 1. The fourth-order valence-electron chi connectivity index (χ4n) is 4.94. The normalized spacial score (nSPS) is 25.2. The molecule has 1 unspecified atom stereocenters. The summed E-state index contributed by atoms with van der Waals surface area (Å²) in [5, 5.41) is 15.0. The van der Waals surface area contributed by atoms with Crippen LogP contribution in [0.2, 0.25) is 0 Å². The van der Waals surface area contributed by atoms with Gasteiger partial charge < -0.3 is 10.1 Å². The summed E-state index contributed by atoms with van der Waals surface area (Å²) in [4.78, 5) is 11.2.